The van der Waals surface area contributed by atoms with Crippen molar-refractivity contribution in [2.75, 3.05) is 46.0 Å². The second kappa shape index (κ2) is 11.6. The lowest BCUT2D eigenvalue weighted by atomic mass is 9.94. The number of ketones is 1. The van der Waals surface area contributed by atoms with Gasteiger partial charge in [0.1, 0.15) is 17.3 Å². The van der Waals surface area contributed by atoms with E-state index < -0.39 is 17.7 Å². The van der Waals surface area contributed by atoms with Gasteiger partial charge >= 0.3 is 0 Å². The van der Waals surface area contributed by atoms with E-state index in [1.165, 1.54) is 11.0 Å². The molecule has 2 heterocycles. The summed E-state index contributed by atoms with van der Waals surface area (Å²) in [5.41, 5.74) is 1.58. The van der Waals surface area contributed by atoms with Crippen molar-refractivity contribution in [3.8, 4) is 11.5 Å². The number of hydrogen-bond donors (Lipinski definition) is 2. The third-order valence-electron chi connectivity index (χ3n) is 6.57. The Kier molecular flexibility index (Phi) is 8.28. The summed E-state index contributed by atoms with van der Waals surface area (Å²) < 4.78 is 11.2. The summed E-state index contributed by atoms with van der Waals surface area (Å²) in [7, 11) is 0. The predicted molar refractivity (Wildman–Crippen MR) is 136 cm³/mol. The average Bonchev–Trinajstić information content (AvgIpc) is 3.14. The lowest BCUT2D eigenvalue weighted by Gasteiger charge is -2.29. The fourth-order valence-corrected chi connectivity index (χ4v) is 4.73. The van der Waals surface area contributed by atoms with Crippen LogP contribution in [0.3, 0.4) is 0 Å². The zero-order chi connectivity index (χ0) is 25.7. The van der Waals surface area contributed by atoms with Gasteiger partial charge in [-0.15, -0.1) is 0 Å². The lowest BCUT2D eigenvalue weighted by Crippen LogP contribution is -2.38. The summed E-state index contributed by atoms with van der Waals surface area (Å²) in [4.78, 5) is 30.3. The summed E-state index contributed by atoms with van der Waals surface area (Å²) in [5.74, 6) is -1.32. The number of phenolic OH excluding ortho intramolecular Hbond substituents is 1. The van der Waals surface area contributed by atoms with Crippen LogP contribution in [0.15, 0.2) is 48.0 Å². The van der Waals surface area contributed by atoms with Crippen molar-refractivity contribution in [1.82, 2.24) is 9.80 Å². The fraction of sp³-hybridized carbons (Fsp3) is 0.429. The molecular weight excluding hydrogens is 460 g/mol. The van der Waals surface area contributed by atoms with E-state index in [4.69, 9.17) is 9.47 Å². The van der Waals surface area contributed by atoms with Crippen LogP contribution in [0.2, 0.25) is 0 Å². The van der Waals surface area contributed by atoms with Crippen molar-refractivity contribution in [1.29, 1.82) is 0 Å². The van der Waals surface area contributed by atoms with Crippen molar-refractivity contribution < 1.29 is 29.3 Å². The number of aromatic hydroxyl groups is 1. The molecule has 0 aromatic heterocycles. The number of phenols is 1. The van der Waals surface area contributed by atoms with Crippen LogP contribution < -0.4 is 4.74 Å². The van der Waals surface area contributed by atoms with Gasteiger partial charge in [-0.3, -0.25) is 14.5 Å². The Labute approximate surface area is 211 Å². The maximum atomic E-state index is 13.3. The number of hydrogen-bond acceptors (Lipinski definition) is 7. The normalized spacial score (nSPS) is 20.2. The van der Waals surface area contributed by atoms with E-state index >= 15 is 0 Å². The SMILES string of the molecule is CCCOc1cccc(C2C(=C(O)c3cc(C)ccc3O)C(=O)C(=O)N2CCCN2CCOCC2)c1. The summed E-state index contributed by atoms with van der Waals surface area (Å²) >= 11 is 0. The summed E-state index contributed by atoms with van der Waals surface area (Å²) in [6.45, 7) is 8.57. The molecule has 36 heavy (non-hydrogen) atoms. The van der Waals surface area contributed by atoms with Crippen molar-refractivity contribution in [3.05, 3.63) is 64.7 Å². The molecule has 192 valence electrons. The van der Waals surface area contributed by atoms with E-state index in [2.05, 4.69) is 4.90 Å². The number of Topliss-reactive ketones (excluding diaryl/α,β-unsaturated/α-hetero) is 1. The van der Waals surface area contributed by atoms with Gasteiger partial charge < -0.3 is 24.6 Å². The second-order valence-corrected chi connectivity index (χ2v) is 9.24. The highest BCUT2D eigenvalue weighted by molar-refractivity contribution is 6.46. The van der Waals surface area contributed by atoms with Gasteiger partial charge in [-0.05, 0) is 49.6 Å². The molecule has 2 aromatic carbocycles. The van der Waals surface area contributed by atoms with Gasteiger partial charge in [-0.25, -0.2) is 0 Å². The first-order valence-electron chi connectivity index (χ1n) is 12.5. The fourth-order valence-electron chi connectivity index (χ4n) is 4.73. The minimum Gasteiger partial charge on any atom is -0.507 e. The number of aryl methyl sites for hydroxylation is 1. The molecule has 1 atom stereocenters. The van der Waals surface area contributed by atoms with Crippen LogP contribution in [0.25, 0.3) is 5.76 Å². The van der Waals surface area contributed by atoms with Gasteiger partial charge in [0.2, 0.25) is 0 Å². The van der Waals surface area contributed by atoms with Gasteiger partial charge in [-0.1, -0.05) is 30.7 Å². The van der Waals surface area contributed by atoms with Crippen LogP contribution in [0, 0.1) is 6.92 Å². The Morgan fingerprint density at radius 1 is 1.11 bits per heavy atom. The number of carbonyl (C=O) groups is 2. The van der Waals surface area contributed by atoms with E-state index in [1.54, 1.807) is 12.1 Å². The number of benzene rings is 2. The standard InChI is InChI=1S/C28H34N2O6/c1-3-14-36-21-7-4-6-20(18-21)25-24(26(32)22-17-19(2)8-9-23(22)31)27(33)28(34)30(25)11-5-10-29-12-15-35-16-13-29/h4,6-9,17-18,25,31-32H,3,5,10-16H2,1-2H3. The Bertz CT molecular complexity index is 1140. The largest absolute Gasteiger partial charge is 0.507 e. The highest BCUT2D eigenvalue weighted by Gasteiger charge is 2.46. The number of rotatable bonds is 9. The zero-order valence-corrected chi connectivity index (χ0v) is 20.9. The number of aliphatic hydroxyl groups excluding tert-OH is 1. The molecule has 1 unspecified atom stereocenters. The molecule has 2 saturated heterocycles. The topological polar surface area (TPSA) is 99.5 Å². The molecule has 2 fully saturated rings. The molecule has 2 aromatic rings. The third kappa shape index (κ3) is 5.55. The van der Waals surface area contributed by atoms with Gasteiger partial charge in [0.25, 0.3) is 11.7 Å². The van der Waals surface area contributed by atoms with Crippen LogP contribution in [-0.2, 0) is 14.3 Å². The Morgan fingerprint density at radius 3 is 2.64 bits per heavy atom. The van der Waals surface area contributed by atoms with Gasteiger partial charge in [0.05, 0.1) is 37.0 Å². The van der Waals surface area contributed by atoms with E-state index in [0.29, 0.717) is 44.1 Å². The summed E-state index contributed by atoms with van der Waals surface area (Å²) in [6, 6.07) is 11.3. The molecule has 1 amide bonds. The first-order chi connectivity index (χ1) is 17.4. The van der Waals surface area contributed by atoms with Crippen molar-refractivity contribution in [3.63, 3.8) is 0 Å². The molecule has 0 aliphatic carbocycles. The number of amides is 1. The maximum absolute atomic E-state index is 13.3. The number of carbonyl (C=O) groups excluding carboxylic acids is 2. The van der Waals surface area contributed by atoms with E-state index in [1.807, 2.05) is 38.1 Å². The highest BCUT2D eigenvalue weighted by atomic mass is 16.5. The minimum absolute atomic E-state index is 0.0279. The van der Waals surface area contributed by atoms with E-state index in [9.17, 15) is 19.8 Å². The highest BCUT2D eigenvalue weighted by Crippen LogP contribution is 2.41. The molecule has 0 saturated carbocycles. The van der Waals surface area contributed by atoms with Crippen molar-refractivity contribution >= 4 is 17.4 Å². The summed E-state index contributed by atoms with van der Waals surface area (Å²) in [5, 5.41) is 21.7. The lowest BCUT2D eigenvalue weighted by molar-refractivity contribution is -0.140. The molecule has 0 spiro atoms. The first-order valence-corrected chi connectivity index (χ1v) is 12.5. The maximum Gasteiger partial charge on any atom is 0.295 e. The van der Waals surface area contributed by atoms with Crippen LogP contribution in [0.1, 0.15) is 42.5 Å². The molecule has 2 aliphatic rings. The monoisotopic (exact) mass is 494 g/mol. The van der Waals surface area contributed by atoms with Crippen molar-refractivity contribution in [2.45, 2.75) is 32.7 Å². The first kappa shape index (κ1) is 25.7. The average molecular weight is 495 g/mol. The van der Waals surface area contributed by atoms with Crippen LogP contribution in [-0.4, -0.2) is 77.7 Å². The quantitative estimate of drug-likeness (QED) is 0.312. The molecule has 2 N–H and O–H groups in total. The number of aliphatic hydroxyl groups is 1. The van der Waals surface area contributed by atoms with Gasteiger partial charge in [-0.2, -0.15) is 0 Å². The molecule has 4 rings (SSSR count). The molecular formula is C28H34N2O6. The number of likely N-dealkylation sites (tertiary alicyclic amines) is 1. The Balaban J connectivity index is 1.71. The summed E-state index contributed by atoms with van der Waals surface area (Å²) in [6.07, 6.45) is 1.52. The van der Waals surface area contributed by atoms with Crippen molar-refractivity contribution in [2.24, 2.45) is 0 Å². The van der Waals surface area contributed by atoms with Crippen LogP contribution in [0.4, 0.5) is 0 Å². The number of nitrogens with zero attached hydrogens (tertiary/aromatic N) is 2. The Morgan fingerprint density at radius 2 is 1.89 bits per heavy atom. The predicted octanol–water partition coefficient (Wildman–Crippen LogP) is 3.63. The van der Waals surface area contributed by atoms with Crippen LogP contribution >= 0.6 is 0 Å². The minimum atomic E-state index is -0.792. The Hall–Kier alpha value is -3.36. The van der Waals surface area contributed by atoms with Gasteiger partial charge in [0.15, 0.2) is 0 Å². The molecule has 0 bridgehead atoms. The molecule has 8 nitrogen and oxygen atoms in total. The molecule has 0 radical (unpaired) electrons. The van der Waals surface area contributed by atoms with Crippen LogP contribution in [0.5, 0.6) is 11.5 Å². The van der Waals surface area contributed by atoms with E-state index in [0.717, 1.165) is 31.6 Å². The second-order valence-electron chi connectivity index (χ2n) is 9.24. The molecule has 2 aliphatic heterocycles. The van der Waals surface area contributed by atoms with E-state index in [-0.39, 0.29) is 22.6 Å². The number of morpholine rings is 1. The molecule has 8 heteroatoms. The third-order valence-corrected chi connectivity index (χ3v) is 6.57. The smallest absolute Gasteiger partial charge is 0.295 e. The number of ether oxygens (including phenoxy) is 2. The van der Waals surface area contributed by atoms with Gasteiger partial charge in [0, 0.05) is 26.2 Å². The zero-order valence-electron chi connectivity index (χ0n) is 20.9.